The summed E-state index contributed by atoms with van der Waals surface area (Å²) in [7, 11) is 0. The van der Waals surface area contributed by atoms with E-state index in [1.807, 2.05) is 6.20 Å². The number of halogens is 1. The summed E-state index contributed by atoms with van der Waals surface area (Å²) in [5.74, 6) is 0.597. The molecule has 0 amide bonds. The molecule has 1 aliphatic heterocycles. The second-order valence-corrected chi connectivity index (χ2v) is 4.15. The van der Waals surface area contributed by atoms with Crippen LogP contribution in [0.2, 0.25) is 0 Å². The normalized spacial score (nSPS) is 27.2. The predicted molar refractivity (Wildman–Crippen MR) is 60.5 cm³/mol. The number of nitrogens with zero attached hydrogens (tertiary/aromatic N) is 1. The van der Waals surface area contributed by atoms with E-state index in [0.29, 0.717) is 5.92 Å². The molecule has 0 bridgehead atoms. The number of hydrogen-bond donors (Lipinski definition) is 0. The lowest BCUT2D eigenvalue weighted by Gasteiger charge is -2.24. The molecule has 0 aromatic heterocycles. The molecule has 1 unspecified atom stereocenters. The molecule has 1 nitrogen and oxygen atoms in total. The maximum absolute atomic E-state index is 4.33. The van der Waals surface area contributed by atoms with E-state index in [-0.39, 0.29) is 0 Å². The first kappa shape index (κ1) is 8.23. The van der Waals surface area contributed by atoms with Crippen LogP contribution in [-0.4, -0.2) is 3.72 Å². The van der Waals surface area contributed by atoms with Gasteiger partial charge in [0.1, 0.15) is 3.72 Å². The van der Waals surface area contributed by atoms with Crippen molar-refractivity contribution in [3.63, 3.8) is 0 Å². The maximum Gasteiger partial charge on any atom is 0.105 e. The van der Waals surface area contributed by atoms with Gasteiger partial charge < -0.3 is 0 Å². The van der Waals surface area contributed by atoms with Gasteiger partial charge in [-0.1, -0.05) is 18.2 Å². The predicted octanol–water partition coefficient (Wildman–Crippen LogP) is 3.24. The summed E-state index contributed by atoms with van der Waals surface area (Å²) >= 11 is 2.30. The highest BCUT2D eigenvalue weighted by Crippen LogP contribution is 2.33. The number of rotatable bonds is 0. The minimum Gasteiger partial charge on any atom is -0.250 e. The van der Waals surface area contributed by atoms with E-state index < -0.39 is 0 Å². The summed E-state index contributed by atoms with van der Waals surface area (Å²) < 4.78 is 1.15. The minimum absolute atomic E-state index is 0.597. The van der Waals surface area contributed by atoms with Crippen molar-refractivity contribution in [1.82, 2.24) is 0 Å². The van der Waals surface area contributed by atoms with Gasteiger partial charge in [-0.3, -0.25) is 4.99 Å². The Bertz CT molecular complexity index is 321. The summed E-state index contributed by atoms with van der Waals surface area (Å²) in [4.78, 5) is 4.33. The molecule has 2 rings (SSSR count). The van der Waals surface area contributed by atoms with Crippen molar-refractivity contribution in [2.75, 3.05) is 0 Å². The summed E-state index contributed by atoms with van der Waals surface area (Å²) in [6, 6.07) is 0. The van der Waals surface area contributed by atoms with Crippen LogP contribution in [0.3, 0.4) is 0 Å². The highest BCUT2D eigenvalue weighted by Gasteiger charge is 2.22. The zero-order valence-corrected chi connectivity index (χ0v) is 9.08. The van der Waals surface area contributed by atoms with Crippen molar-refractivity contribution in [3.8, 4) is 0 Å². The molecule has 0 N–H and O–H groups in total. The quantitative estimate of drug-likeness (QED) is 0.600. The van der Waals surface area contributed by atoms with E-state index in [1.54, 1.807) is 0 Å². The van der Waals surface area contributed by atoms with Crippen LogP contribution in [0.15, 0.2) is 40.6 Å². The Morgan fingerprint density at radius 3 is 3.17 bits per heavy atom. The monoisotopic (exact) mass is 271 g/mol. The topological polar surface area (TPSA) is 12.4 Å². The van der Waals surface area contributed by atoms with E-state index in [0.717, 1.165) is 10.1 Å². The third-order valence-corrected chi connectivity index (χ3v) is 3.23. The van der Waals surface area contributed by atoms with Gasteiger partial charge in [0.25, 0.3) is 0 Å². The SMILES string of the molecule is CC1=CN=C(I)C2=CC=CCC12. The van der Waals surface area contributed by atoms with E-state index in [4.69, 9.17) is 0 Å². The van der Waals surface area contributed by atoms with Gasteiger partial charge in [0.15, 0.2) is 0 Å². The highest BCUT2D eigenvalue weighted by atomic mass is 127. The van der Waals surface area contributed by atoms with Crippen molar-refractivity contribution in [2.45, 2.75) is 13.3 Å². The Kier molecular flexibility index (Phi) is 2.17. The zero-order valence-electron chi connectivity index (χ0n) is 6.92. The fourth-order valence-electron chi connectivity index (χ4n) is 1.60. The van der Waals surface area contributed by atoms with Gasteiger partial charge >= 0.3 is 0 Å². The van der Waals surface area contributed by atoms with Crippen molar-refractivity contribution in [2.24, 2.45) is 10.9 Å². The molecule has 0 spiro atoms. The zero-order chi connectivity index (χ0) is 8.55. The fourth-order valence-corrected chi connectivity index (χ4v) is 2.29. The van der Waals surface area contributed by atoms with E-state index in [9.17, 15) is 0 Å². The molecule has 0 fully saturated rings. The van der Waals surface area contributed by atoms with E-state index in [2.05, 4.69) is 52.7 Å². The van der Waals surface area contributed by atoms with Crippen LogP contribution in [0.1, 0.15) is 13.3 Å². The summed E-state index contributed by atoms with van der Waals surface area (Å²) in [6.07, 6.45) is 9.65. The van der Waals surface area contributed by atoms with Crippen LogP contribution < -0.4 is 0 Å². The molecular formula is C10H10IN. The van der Waals surface area contributed by atoms with Gasteiger partial charge in [-0.25, -0.2) is 0 Å². The van der Waals surface area contributed by atoms with Gasteiger partial charge in [0.05, 0.1) is 0 Å². The van der Waals surface area contributed by atoms with Crippen LogP contribution in [0, 0.1) is 5.92 Å². The largest absolute Gasteiger partial charge is 0.250 e. The van der Waals surface area contributed by atoms with Crippen molar-refractivity contribution in [3.05, 3.63) is 35.6 Å². The van der Waals surface area contributed by atoms with Crippen molar-refractivity contribution in [1.29, 1.82) is 0 Å². The fraction of sp³-hybridized carbons (Fsp3) is 0.300. The molecule has 62 valence electrons. The van der Waals surface area contributed by atoms with E-state index >= 15 is 0 Å². The van der Waals surface area contributed by atoms with Crippen molar-refractivity contribution >= 4 is 26.3 Å². The van der Waals surface area contributed by atoms with Gasteiger partial charge in [0.2, 0.25) is 0 Å². The molecule has 2 heteroatoms. The van der Waals surface area contributed by atoms with Crippen molar-refractivity contribution < 1.29 is 0 Å². The molecular weight excluding hydrogens is 261 g/mol. The highest BCUT2D eigenvalue weighted by molar-refractivity contribution is 14.1. The lowest BCUT2D eigenvalue weighted by Crippen LogP contribution is -2.14. The Balaban J connectivity index is 2.44. The van der Waals surface area contributed by atoms with Gasteiger partial charge in [-0.05, 0) is 47.1 Å². The molecule has 0 aromatic carbocycles. The van der Waals surface area contributed by atoms with Gasteiger partial charge in [-0.2, -0.15) is 0 Å². The third kappa shape index (κ3) is 1.28. The molecule has 0 aromatic rings. The van der Waals surface area contributed by atoms with Gasteiger partial charge in [-0.15, -0.1) is 0 Å². The Labute approximate surface area is 86.1 Å². The molecule has 1 heterocycles. The summed E-state index contributed by atoms with van der Waals surface area (Å²) in [5.41, 5.74) is 2.77. The third-order valence-electron chi connectivity index (χ3n) is 2.33. The Hall–Kier alpha value is -0.380. The molecule has 0 saturated carbocycles. The number of allylic oxidation sites excluding steroid dienone is 5. The maximum atomic E-state index is 4.33. The molecule has 2 aliphatic rings. The summed E-state index contributed by atoms with van der Waals surface area (Å²) in [6.45, 7) is 2.16. The van der Waals surface area contributed by atoms with Crippen LogP contribution >= 0.6 is 22.6 Å². The molecule has 1 atom stereocenters. The first-order valence-electron chi connectivity index (χ1n) is 4.06. The number of fused-ring (bicyclic) bond motifs is 1. The smallest absolute Gasteiger partial charge is 0.105 e. The molecule has 0 radical (unpaired) electrons. The summed E-state index contributed by atoms with van der Waals surface area (Å²) in [5, 5.41) is 0. The average Bonchev–Trinajstić information content (AvgIpc) is 2.12. The molecule has 1 aliphatic carbocycles. The Morgan fingerprint density at radius 2 is 2.42 bits per heavy atom. The number of aliphatic imine (C=N–C) groups is 1. The standard InChI is InChI=1S/C10H10IN/c1-7-6-12-10(11)9-5-3-2-4-8(7)9/h2-3,5-6,8H,4H2,1H3. The minimum atomic E-state index is 0.597. The first-order valence-corrected chi connectivity index (χ1v) is 5.14. The lowest BCUT2D eigenvalue weighted by atomic mass is 9.85. The first-order chi connectivity index (χ1) is 5.79. The van der Waals surface area contributed by atoms with Gasteiger partial charge in [0, 0.05) is 12.1 Å². The lowest BCUT2D eigenvalue weighted by molar-refractivity contribution is 0.736. The van der Waals surface area contributed by atoms with E-state index in [1.165, 1.54) is 11.1 Å². The Morgan fingerprint density at radius 1 is 1.58 bits per heavy atom. The van der Waals surface area contributed by atoms with Crippen LogP contribution in [0.4, 0.5) is 0 Å². The van der Waals surface area contributed by atoms with Crippen LogP contribution in [0.5, 0.6) is 0 Å². The molecule has 0 saturated heterocycles. The second kappa shape index (κ2) is 3.17. The second-order valence-electron chi connectivity index (χ2n) is 3.13. The van der Waals surface area contributed by atoms with Crippen LogP contribution in [0.25, 0.3) is 0 Å². The molecule has 12 heavy (non-hydrogen) atoms. The number of hydrogen-bond acceptors (Lipinski definition) is 1. The van der Waals surface area contributed by atoms with Crippen LogP contribution in [-0.2, 0) is 0 Å². The average molecular weight is 271 g/mol.